The summed E-state index contributed by atoms with van der Waals surface area (Å²) in [6.07, 6.45) is 1.50. The van der Waals surface area contributed by atoms with E-state index in [1.54, 1.807) is 72.8 Å². The number of nitrogens with one attached hydrogen (secondary N) is 1. The van der Waals surface area contributed by atoms with Crippen molar-refractivity contribution in [1.82, 2.24) is 5.43 Å². The third-order valence-electron chi connectivity index (χ3n) is 3.88. The summed E-state index contributed by atoms with van der Waals surface area (Å²) < 4.78 is 11.3. The normalized spacial score (nSPS) is 10.6. The molecule has 3 aromatic carbocycles. The zero-order chi connectivity index (χ0) is 20.6. The fourth-order valence-corrected chi connectivity index (χ4v) is 2.63. The van der Waals surface area contributed by atoms with Crippen LogP contribution in [0, 0.1) is 0 Å². The maximum Gasteiger partial charge on any atom is 0.343 e. The van der Waals surface area contributed by atoms with E-state index < -0.39 is 5.97 Å². The largest absolute Gasteiger partial charge is 0.497 e. The van der Waals surface area contributed by atoms with Crippen LogP contribution in [0.25, 0.3) is 0 Å². The lowest BCUT2D eigenvalue weighted by Crippen LogP contribution is -2.17. The van der Waals surface area contributed by atoms with Crippen LogP contribution in [0.15, 0.2) is 82.4 Å². The van der Waals surface area contributed by atoms with Crippen LogP contribution in [-0.4, -0.2) is 25.2 Å². The molecular weight excluding hydrogens is 436 g/mol. The molecule has 146 valence electrons. The molecule has 0 radical (unpaired) electrons. The van der Waals surface area contributed by atoms with E-state index in [1.165, 1.54) is 13.3 Å². The average Bonchev–Trinajstić information content (AvgIpc) is 2.75. The molecular formula is C22H17BrN2O4. The lowest BCUT2D eigenvalue weighted by molar-refractivity contribution is 0.0734. The molecule has 0 bridgehead atoms. The minimum absolute atomic E-state index is 0.347. The van der Waals surface area contributed by atoms with Gasteiger partial charge in [-0.2, -0.15) is 5.10 Å². The van der Waals surface area contributed by atoms with Crippen molar-refractivity contribution >= 4 is 34.0 Å². The monoisotopic (exact) mass is 452 g/mol. The van der Waals surface area contributed by atoms with Crippen molar-refractivity contribution in [3.8, 4) is 11.5 Å². The van der Waals surface area contributed by atoms with Crippen LogP contribution in [0.1, 0.15) is 26.3 Å². The van der Waals surface area contributed by atoms with Crippen molar-refractivity contribution < 1.29 is 19.1 Å². The summed E-state index contributed by atoms with van der Waals surface area (Å²) in [5.74, 6) is 0.218. The molecule has 0 saturated heterocycles. The predicted octanol–water partition coefficient (Wildman–Crippen LogP) is 4.44. The lowest BCUT2D eigenvalue weighted by Gasteiger charge is -2.05. The van der Waals surface area contributed by atoms with Crippen LogP contribution in [0.3, 0.4) is 0 Å². The number of hydrogen-bond acceptors (Lipinski definition) is 5. The van der Waals surface area contributed by atoms with Gasteiger partial charge in [0.05, 0.1) is 18.9 Å². The van der Waals surface area contributed by atoms with E-state index in [0.717, 1.165) is 10.0 Å². The van der Waals surface area contributed by atoms with Crippen molar-refractivity contribution in [1.29, 1.82) is 0 Å². The Bertz CT molecular complexity index is 1030. The van der Waals surface area contributed by atoms with Crippen LogP contribution in [0.4, 0.5) is 0 Å². The van der Waals surface area contributed by atoms with Gasteiger partial charge in [-0.3, -0.25) is 4.79 Å². The highest BCUT2D eigenvalue weighted by Crippen LogP contribution is 2.16. The molecule has 29 heavy (non-hydrogen) atoms. The van der Waals surface area contributed by atoms with Crippen molar-refractivity contribution in [3.05, 3.63) is 94.0 Å². The van der Waals surface area contributed by atoms with Gasteiger partial charge in [-0.1, -0.05) is 22.0 Å². The third kappa shape index (κ3) is 5.76. The van der Waals surface area contributed by atoms with E-state index in [0.29, 0.717) is 22.6 Å². The highest BCUT2D eigenvalue weighted by molar-refractivity contribution is 9.10. The number of nitrogens with zero attached hydrogens (tertiary/aromatic N) is 1. The topological polar surface area (TPSA) is 77.0 Å². The van der Waals surface area contributed by atoms with Gasteiger partial charge >= 0.3 is 5.97 Å². The van der Waals surface area contributed by atoms with E-state index in [9.17, 15) is 9.59 Å². The van der Waals surface area contributed by atoms with Crippen LogP contribution >= 0.6 is 15.9 Å². The first-order valence-corrected chi connectivity index (χ1v) is 9.40. The lowest BCUT2D eigenvalue weighted by atomic mass is 10.2. The van der Waals surface area contributed by atoms with E-state index in [-0.39, 0.29) is 5.91 Å². The van der Waals surface area contributed by atoms with Crippen molar-refractivity contribution in [3.63, 3.8) is 0 Å². The Morgan fingerprint density at radius 1 is 0.931 bits per heavy atom. The first-order chi connectivity index (χ1) is 14.0. The Labute approximate surface area is 176 Å². The number of benzene rings is 3. The quantitative estimate of drug-likeness (QED) is 0.259. The third-order valence-corrected chi connectivity index (χ3v) is 4.41. The van der Waals surface area contributed by atoms with Crippen LogP contribution < -0.4 is 14.9 Å². The van der Waals surface area contributed by atoms with Crippen LogP contribution in [0.2, 0.25) is 0 Å². The molecule has 0 unspecified atom stereocenters. The molecule has 0 aliphatic heterocycles. The van der Waals surface area contributed by atoms with Gasteiger partial charge in [0, 0.05) is 10.0 Å². The number of ether oxygens (including phenoxy) is 2. The average molecular weight is 453 g/mol. The molecule has 0 aliphatic rings. The summed E-state index contributed by atoms with van der Waals surface area (Å²) in [7, 11) is 1.54. The smallest absolute Gasteiger partial charge is 0.343 e. The van der Waals surface area contributed by atoms with Gasteiger partial charge in [0.1, 0.15) is 11.5 Å². The summed E-state index contributed by atoms with van der Waals surface area (Å²) in [6, 6.07) is 20.4. The summed E-state index contributed by atoms with van der Waals surface area (Å²) in [5, 5.41) is 3.94. The van der Waals surface area contributed by atoms with Gasteiger partial charge in [-0.15, -0.1) is 0 Å². The van der Waals surface area contributed by atoms with Gasteiger partial charge in [0.15, 0.2) is 0 Å². The fraction of sp³-hybridized carbons (Fsp3) is 0.0455. The molecule has 0 heterocycles. The van der Waals surface area contributed by atoms with Crippen LogP contribution in [0.5, 0.6) is 11.5 Å². The Morgan fingerprint density at radius 2 is 1.66 bits per heavy atom. The Hall–Kier alpha value is -3.45. The van der Waals surface area contributed by atoms with Crippen molar-refractivity contribution in [2.75, 3.05) is 7.11 Å². The second-order valence-electron chi connectivity index (χ2n) is 5.90. The van der Waals surface area contributed by atoms with E-state index in [4.69, 9.17) is 9.47 Å². The summed E-state index contributed by atoms with van der Waals surface area (Å²) in [6.45, 7) is 0. The SMILES string of the molecule is COc1cccc(C(=O)N/N=C/c2ccc(OC(=O)c3ccc(Br)cc3)cc2)c1. The zero-order valence-corrected chi connectivity index (χ0v) is 17.0. The number of methoxy groups -OCH3 is 1. The second kappa shape index (κ2) is 9.66. The second-order valence-corrected chi connectivity index (χ2v) is 6.81. The van der Waals surface area contributed by atoms with E-state index >= 15 is 0 Å². The molecule has 7 heteroatoms. The highest BCUT2D eigenvalue weighted by Gasteiger charge is 2.08. The van der Waals surface area contributed by atoms with Crippen LogP contribution in [-0.2, 0) is 0 Å². The number of esters is 1. The molecule has 0 atom stereocenters. The molecule has 3 aromatic rings. The molecule has 0 aromatic heterocycles. The number of rotatable bonds is 6. The minimum atomic E-state index is -0.440. The predicted molar refractivity (Wildman–Crippen MR) is 114 cm³/mol. The number of carbonyl (C=O) groups excluding carboxylic acids is 2. The Morgan fingerprint density at radius 3 is 2.34 bits per heavy atom. The molecule has 1 amide bonds. The Kier molecular flexibility index (Phi) is 6.76. The molecule has 3 rings (SSSR count). The fourth-order valence-electron chi connectivity index (χ4n) is 2.37. The van der Waals surface area contributed by atoms with E-state index in [1.807, 2.05) is 0 Å². The molecule has 0 fully saturated rings. The highest BCUT2D eigenvalue weighted by atomic mass is 79.9. The minimum Gasteiger partial charge on any atom is -0.497 e. The van der Waals surface area contributed by atoms with Crippen molar-refractivity contribution in [2.45, 2.75) is 0 Å². The van der Waals surface area contributed by atoms with Gasteiger partial charge in [0.2, 0.25) is 0 Å². The number of halogens is 1. The zero-order valence-electron chi connectivity index (χ0n) is 15.5. The molecule has 0 spiro atoms. The van der Waals surface area contributed by atoms with Gasteiger partial charge < -0.3 is 9.47 Å². The van der Waals surface area contributed by atoms with Gasteiger partial charge in [0.25, 0.3) is 5.91 Å². The summed E-state index contributed by atoms with van der Waals surface area (Å²) in [5.41, 5.74) is 4.09. The number of hydrogen-bond donors (Lipinski definition) is 1. The first-order valence-electron chi connectivity index (χ1n) is 8.60. The summed E-state index contributed by atoms with van der Waals surface area (Å²) >= 11 is 3.32. The maximum atomic E-state index is 12.1. The molecule has 0 saturated carbocycles. The maximum absolute atomic E-state index is 12.1. The molecule has 6 nitrogen and oxygen atoms in total. The molecule has 1 N–H and O–H groups in total. The number of carbonyl (C=O) groups is 2. The number of amides is 1. The van der Waals surface area contributed by atoms with Crippen molar-refractivity contribution in [2.24, 2.45) is 5.10 Å². The number of hydrazone groups is 1. The van der Waals surface area contributed by atoms with Gasteiger partial charge in [-0.25, -0.2) is 10.2 Å². The molecule has 0 aliphatic carbocycles. The summed E-state index contributed by atoms with van der Waals surface area (Å²) in [4.78, 5) is 24.2. The first kappa shape index (κ1) is 20.3. The van der Waals surface area contributed by atoms with Gasteiger partial charge in [-0.05, 0) is 72.3 Å². The van der Waals surface area contributed by atoms with E-state index in [2.05, 4.69) is 26.5 Å². The Balaban J connectivity index is 1.56. The standard InChI is InChI=1S/C22H17BrN2O4/c1-28-20-4-2-3-17(13-20)21(26)25-24-14-15-5-11-19(12-6-15)29-22(27)16-7-9-18(23)10-8-16/h2-14H,1H3,(H,25,26)/b24-14+.